The molecule has 1 saturated heterocycles. The molecule has 2 heterocycles. The van der Waals surface area contributed by atoms with Gasteiger partial charge in [0.25, 0.3) is 0 Å². The molecule has 0 unspecified atom stereocenters. The molecule has 42 heavy (non-hydrogen) atoms. The topological polar surface area (TPSA) is 73.3 Å². The van der Waals surface area contributed by atoms with Crippen LogP contribution < -0.4 is 15.7 Å². The van der Waals surface area contributed by atoms with Crippen LogP contribution in [0.2, 0.25) is 4.82 Å². The number of benzene rings is 4. The van der Waals surface area contributed by atoms with Crippen LogP contribution in [0.3, 0.4) is 0 Å². The summed E-state index contributed by atoms with van der Waals surface area (Å²) in [7, 11) is 0. The fourth-order valence-electron chi connectivity index (χ4n) is 5.59. The van der Waals surface area contributed by atoms with Crippen molar-refractivity contribution in [2.45, 2.75) is 36.1 Å². The summed E-state index contributed by atoms with van der Waals surface area (Å²) in [5.41, 5.74) is 1.83. The van der Waals surface area contributed by atoms with Gasteiger partial charge in [0, 0.05) is 0 Å². The SMILES string of the molecule is Cc1cn([C@H]2C[C@@H]([Se]c3ccccc3)[C@@H](COC(c3ccccc3)(c3ccccc3)c3ccccc3)O2)c(=O)[nH]c1=O. The first-order valence-corrected chi connectivity index (χ1v) is 15.9. The van der Waals surface area contributed by atoms with Crippen LogP contribution in [0.25, 0.3) is 0 Å². The molecule has 0 aliphatic carbocycles. The molecule has 0 spiro atoms. The average Bonchev–Trinajstić information content (AvgIpc) is 3.43. The molecule has 1 aromatic heterocycles. The van der Waals surface area contributed by atoms with Crippen molar-refractivity contribution < 1.29 is 9.47 Å². The third kappa shape index (κ3) is 5.69. The molecule has 212 valence electrons. The zero-order valence-electron chi connectivity index (χ0n) is 23.3. The number of rotatable bonds is 9. The zero-order chi connectivity index (χ0) is 28.9. The van der Waals surface area contributed by atoms with E-state index in [2.05, 4.69) is 65.6 Å². The van der Waals surface area contributed by atoms with E-state index in [1.54, 1.807) is 13.1 Å². The van der Waals surface area contributed by atoms with Crippen molar-refractivity contribution in [2.24, 2.45) is 0 Å². The van der Waals surface area contributed by atoms with Crippen molar-refractivity contribution in [1.29, 1.82) is 0 Å². The van der Waals surface area contributed by atoms with Gasteiger partial charge in [-0.2, -0.15) is 0 Å². The molecule has 0 radical (unpaired) electrons. The number of H-pyrrole nitrogens is 1. The Kier molecular flexibility index (Phi) is 8.36. The van der Waals surface area contributed by atoms with E-state index in [1.807, 2.05) is 60.7 Å². The summed E-state index contributed by atoms with van der Waals surface area (Å²) in [5.74, 6) is 0. The van der Waals surface area contributed by atoms with Crippen molar-refractivity contribution >= 4 is 19.4 Å². The first kappa shape index (κ1) is 28.1. The Hall–Kier alpha value is -4.00. The van der Waals surface area contributed by atoms with Gasteiger partial charge in [-0.05, 0) is 0 Å². The molecule has 0 bridgehead atoms. The molecule has 4 aromatic carbocycles. The van der Waals surface area contributed by atoms with Gasteiger partial charge >= 0.3 is 252 Å². The van der Waals surface area contributed by atoms with E-state index in [1.165, 1.54) is 9.03 Å². The van der Waals surface area contributed by atoms with E-state index in [0.29, 0.717) is 18.6 Å². The number of hydrogen-bond acceptors (Lipinski definition) is 4. The fraction of sp³-hybridized carbons (Fsp3) is 0.200. The van der Waals surface area contributed by atoms with Crippen LogP contribution in [0.1, 0.15) is 34.9 Å². The van der Waals surface area contributed by atoms with Crippen LogP contribution in [-0.2, 0) is 15.1 Å². The molecule has 0 saturated carbocycles. The third-order valence-electron chi connectivity index (χ3n) is 7.67. The molecule has 1 aliphatic rings. The maximum absolute atomic E-state index is 12.8. The molecule has 5 aromatic rings. The van der Waals surface area contributed by atoms with Gasteiger partial charge in [0.2, 0.25) is 0 Å². The molecule has 1 fully saturated rings. The molecular weight excluding hydrogens is 591 g/mol. The van der Waals surface area contributed by atoms with Gasteiger partial charge in [0.15, 0.2) is 0 Å². The normalized spacial score (nSPS) is 18.6. The average molecular weight is 624 g/mol. The minimum absolute atomic E-state index is 0.0692. The number of nitrogens with zero attached hydrogens (tertiary/aromatic N) is 1. The van der Waals surface area contributed by atoms with Gasteiger partial charge in [0.1, 0.15) is 0 Å². The van der Waals surface area contributed by atoms with Crippen LogP contribution in [0.15, 0.2) is 137 Å². The third-order valence-corrected chi connectivity index (χ3v) is 10.5. The number of aromatic nitrogens is 2. The van der Waals surface area contributed by atoms with Crippen LogP contribution >= 0.6 is 0 Å². The van der Waals surface area contributed by atoms with E-state index in [0.717, 1.165) is 16.7 Å². The standard InChI is InChI=1S/C35H32N2O4Se/c1-25-23-37(34(39)36-33(25)38)32-22-31(42-29-20-12-5-13-21-29)30(41-32)24-40-35(26-14-6-2-7-15-26,27-16-8-3-9-17-27)28-18-10-4-11-19-28/h2-21,23,30-32H,22,24H2,1H3,(H,36,38,39)/t30-,31-,32-/m1/s1. The first-order chi connectivity index (χ1) is 20.5. The van der Waals surface area contributed by atoms with E-state index in [-0.39, 0.29) is 31.4 Å². The number of nitrogens with one attached hydrogen (secondary N) is 1. The quantitative estimate of drug-likeness (QED) is 0.186. The fourth-order valence-corrected chi connectivity index (χ4v) is 8.15. The van der Waals surface area contributed by atoms with E-state index in [4.69, 9.17) is 9.47 Å². The first-order valence-electron chi connectivity index (χ1n) is 14.0. The van der Waals surface area contributed by atoms with Gasteiger partial charge in [0.05, 0.1) is 0 Å². The van der Waals surface area contributed by atoms with Crippen LogP contribution in [0.4, 0.5) is 0 Å². The van der Waals surface area contributed by atoms with Gasteiger partial charge in [-0.25, -0.2) is 0 Å². The molecule has 3 atom stereocenters. The maximum atomic E-state index is 12.8. The summed E-state index contributed by atoms with van der Waals surface area (Å²) in [6.45, 7) is 2.01. The number of aryl methyl sites for hydroxylation is 1. The molecule has 7 heteroatoms. The summed E-state index contributed by atoms with van der Waals surface area (Å²) >= 11 is 0.0692. The van der Waals surface area contributed by atoms with Crippen LogP contribution in [-0.4, -0.2) is 37.2 Å². The Labute approximate surface area is 251 Å². The van der Waals surface area contributed by atoms with Gasteiger partial charge in [-0.1, -0.05) is 0 Å². The van der Waals surface area contributed by atoms with Crippen molar-refractivity contribution in [3.63, 3.8) is 0 Å². The van der Waals surface area contributed by atoms with Crippen molar-refractivity contribution in [3.05, 3.63) is 171 Å². The molecular formula is C35H32N2O4Se. The van der Waals surface area contributed by atoms with E-state index >= 15 is 0 Å². The molecule has 6 rings (SSSR count). The summed E-state index contributed by atoms with van der Waals surface area (Å²) in [6.07, 6.45) is 1.47. The van der Waals surface area contributed by atoms with E-state index in [9.17, 15) is 9.59 Å². The van der Waals surface area contributed by atoms with Crippen molar-refractivity contribution in [2.75, 3.05) is 6.61 Å². The Balaban J connectivity index is 1.39. The summed E-state index contributed by atoms with van der Waals surface area (Å²) in [5, 5.41) is 0. The van der Waals surface area contributed by atoms with Crippen molar-refractivity contribution in [3.8, 4) is 0 Å². The van der Waals surface area contributed by atoms with Crippen LogP contribution in [0.5, 0.6) is 0 Å². The van der Waals surface area contributed by atoms with Crippen molar-refractivity contribution in [1.82, 2.24) is 9.55 Å². The summed E-state index contributed by atoms with van der Waals surface area (Å²) in [6, 6.07) is 41.3. The molecule has 6 nitrogen and oxygen atoms in total. The molecule has 1 N–H and O–H groups in total. The summed E-state index contributed by atoms with van der Waals surface area (Å²) < 4.78 is 16.6. The second-order valence-corrected chi connectivity index (χ2v) is 13.2. The minimum atomic E-state index is -0.874. The Morgan fingerprint density at radius 2 is 1.31 bits per heavy atom. The molecule has 0 amide bonds. The summed E-state index contributed by atoms with van der Waals surface area (Å²) in [4.78, 5) is 27.5. The van der Waals surface area contributed by atoms with Gasteiger partial charge < -0.3 is 0 Å². The van der Waals surface area contributed by atoms with E-state index < -0.39 is 17.5 Å². The Morgan fingerprint density at radius 3 is 1.83 bits per heavy atom. The van der Waals surface area contributed by atoms with Crippen LogP contribution in [0, 0.1) is 6.92 Å². The zero-order valence-corrected chi connectivity index (χ0v) is 25.0. The second kappa shape index (κ2) is 12.5. The Bertz CT molecular complexity index is 1630. The predicted molar refractivity (Wildman–Crippen MR) is 165 cm³/mol. The predicted octanol–water partition coefficient (Wildman–Crippen LogP) is 4.96. The monoisotopic (exact) mass is 624 g/mol. The molecule has 1 aliphatic heterocycles. The van der Waals surface area contributed by atoms with Gasteiger partial charge in [-0.3, -0.25) is 0 Å². The number of hydrogen-bond donors (Lipinski definition) is 1. The Morgan fingerprint density at radius 1 is 0.810 bits per heavy atom. The number of aromatic amines is 1. The van der Waals surface area contributed by atoms with Gasteiger partial charge in [-0.15, -0.1) is 0 Å². The second-order valence-electron chi connectivity index (χ2n) is 10.4. The number of ether oxygens (including phenoxy) is 2.